The van der Waals surface area contributed by atoms with Gasteiger partial charge in [0.1, 0.15) is 0 Å². The Morgan fingerprint density at radius 2 is 1.75 bits per heavy atom. The van der Waals surface area contributed by atoms with Crippen molar-refractivity contribution in [3.8, 4) is 0 Å². The molecule has 0 aromatic heterocycles. The third kappa shape index (κ3) is 2.05. The molecule has 0 aliphatic heterocycles. The zero-order valence-corrected chi connectivity index (χ0v) is 10.3. The lowest BCUT2D eigenvalue weighted by molar-refractivity contribution is 0.600. The van der Waals surface area contributed by atoms with Crippen LogP contribution in [-0.2, 0) is 15.6 Å². The smallest absolute Gasteiger partial charge is 0.231 e. The molecule has 0 heterocycles. The second-order valence-electron chi connectivity index (χ2n) is 4.43. The third-order valence-corrected chi connectivity index (χ3v) is 4.30. The second kappa shape index (κ2) is 3.46. The van der Waals surface area contributed by atoms with Gasteiger partial charge in [-0.05, 0) is 30.5 Å². The first kappa shape index (κ1) is 11.4. The fourth-order valence-electron chi connectivity index (χ4n) is 1.62. The molecule has 16 heavy (non-hydrogen) atoms. The molecule has 1 fully saturated rings. The fraction of sp³-hybridized carbons (Fsp3) is 0.455. The number of nitrogens with two attached hydrogens (primary N) is 1. The van der Waals surface area contributed by atoms with Crippen LogP contribution in [-0.4, -0.2) is 21.7 Å². The number of anilines is 1. The summed E-state index contributed by atoms with van der Waals surface area (Å²) in [6, 6.07) is 7.40. The SMILES string of the molecule is CN(c1ccc(C2(N)CC2)cc1)S(C)(=O)=O. The van der Waals surface area contributed by atoms with Gasteiger partial charge in [-0.3, -0.25) is 4.31 Å². The molecule has 0 saturated heterocycles. The summed E-state index contributed by atoms with van der Waals surface area (Å²) in [5.74, 6) is 0. The van der Waals surface area contributed by atoms with Crippen LogP contribution >= 0.6 is 0 Å². The molecule has 5 heteroatoms. The normalized spacial score (nSPS) is 18.2. The zero-order chi connectivity index (χ0) is 12.0. The van der Waals surface area contributed by atoms with Crippen LogP contribution in [0.5, 0.6) is 0 Å². The number of nitrogens with zero attached hydrogens (tertiary/aromatic N) is 1. The predicted octanol–water partition coefficient (Wildman–Crippen LogP) is 1.03. The molecular weight excluding hydrogens is 224 g/mol. The maximum absolute atomic E-state index is 11.3. The summed E-state index contributed by atoms with van der Waals surface area (Å²) in [6.07, 6.45) is 3.20. The Bertz CT molecular complexity index is 489. The Kier molecular flexibility index (Phi) is 2.47. The lowest BCUT2D eigenvalue weighted by Crippen LogP contribution is -2.25. The van der Waals surface area contributed by atoms with Crippen LogP contribution in [0, 0.1) is 0 Å². The van der Waals surface area contributed by atoms with E-state index in [4.69, 9.17) is 5.73 Å². The van der Waals surface area contributed by atoms with Gasteiger partial charge < -0.3 is 5.73 Å². The summed E-state index contributed by atoms with van der Waals surface area (Å²) in [4.78, 5) is 0. The van der Waals surface area contributed by atoms with Crippen LogP contribution in [0.2, 0.25) is 0 Å². The molecule has 2 rings (SSSR count). The van der Waals surface area contributed by atoms with Gasteiger partial charge in [-0.15, -0.1) is 0 Å². The Morgan fingerprint density at radius 1 is 1.25 bits per heavy atom. The monoisotopic (exact) mass is 240 g/mol. The van der Waals surface area contributed by atoms with Gasteiger partial charge in [0.25, 0.3) is 0 Å². The van der Waals surface area contributed by atoms with E-state index >= 15 is 0 Å². The van der Waals surface area contributed by atoms with Crippen LogP contribution in [0.4, 0.5) is 5.69 Å². The summed E-state index contributed by atoms with van der Waals surface area (Å²) < 4.78 is 23.9. The first-order chi connectivity index (χ1) is 7.33. The Morgan fingerprint density at radius 3 is 2.12 bits per heavy atom. The number of hydrogen-bond acceptors (Lipinski definition) is 3. The number of hydrogen-bond donors (Lipinski definition) is 1. The minimum atomic E-state index is -3.19. The second-order valence-corrected chi connectivity index (χ2v) is 6.45. The number of rotatable bonds is 3. The van der Waals surface area contributed by atoms with Gasteiger partial charge in [-0.25, -0.2) is 8.42 Å². The molecule has 0 bridgehead atoms. The molecular formula is C11H16N2O2S. The number of benzene rings is 1. The van der Waals surface area contributed by atoms with Crippen LogP contribution < -0.4 is 10.0 Å². The lowest BCUT2D eigenvalue weighted by atomic mass is 10.1. The average molecular weight is 240 g/mol. The van der Waals surface area contributed by atoms with E-state index in [1.807, 2.05) is 12.1 Å². The van der Waals surface area contributed by atoms with E-state index < -0.39 is 10.0 Å². The molecule has 0 radical (unpaired) electrons. The van der Waals surface area contributed by atoms with Crippen molar-refractivity contribution >= 4 is 15.7 Å². The van der Waals surface area contributed by atoms with Gasteiger partial charge in [-0.2, -0.15) is 0 Å². The van der Waals surface area contributed by atoms with Gasteiger partial charge >= 0.3 is 0 Å². The molecule has 1 aromatic rings. The highest BCUT2D eigenvalue weighted by atomic mass is 32.2. The topological polar surface area (TPSA) is 63.4 Å². The summed E-state index contributed by atoms with van der Waals surface area (Å²) in [7, 11) is -1.65. The fourth-order valence-corrected chi connectivity index (χ4v) is 2.12. The summed E-state index contributed by atoms with van der Waals surface area (Å²) in [5, 5.41) is 0. The van der Waals surface area contributed by atoms with E-state index in [9.17, 15) is 8.42 Å². The molecule has 88 valence electrons. The first-order valence-electron chi connectivity index (χ1n) is 5.16. The molecule has 4 nitrogen and oxygen atoms in total. The van der Waals surface area contributed by atoms with Crippen molar-refractivity contribution in [3.63, 3.8) is 0 Å². The van der Waals surface area contributed by atoms with E-state index in [-0.39, 0.29) is 5.54 Å². The minimum Gasteiger partial charge on any atom is -0.321 e. The van der Waals surface area contributed by atoms with E-state index in [0.717, 1.165) is 18.4 Å². The van der Waals surface area contributed by atoms with E-state index in [0.29, 0.717) is 5.69 Å². The zero-order valence-electron chi connectivity index (χ0n) is 9.47. The maximum Gasteiger partial charge on any atom is 0.231 e. The predicted molar refractivity (Wildman–Crippen MR) is 64.8 cm³/mol. The van der Waals surface area contributed by atoms with Crippen molar-refractivity contribution in [3.05, 3.63) is 29.8 Å². The first-order valence-corrected chi connectivity index (χ1v) is 7.01. The van der Waals surface area contributed by atoms with Crippen molar-refractivity contribution in [1.82, 2.24) is 0 Å². The molecule has 0 atom stereocenters. The van der Waals surface area contributed by atoms with Crippen LogP contribution in [0.1, 0.15) is 18.4 Å². The van der Waals surface area contributed by atoms with Crippen LogP contribution in [0.15, 0.2) is 24.3 Å². The molecule has 1 saturated carbocycles. The van der Waals surface area contributed by atoms with Crippen LogP contribution in [0.25, 0.3) is 0 Å². The molecule has 1 aliphatic rings. The summed E-state index contributed by atoms with van der Waals surface area (Å²) in [6.45, 7) is 0. The van der Waals surface area contributed by atoms with Gasteiger partial charge in [0.2, 0.25) is 10.0 Å². The average Bonchev–Trinajstić information content (AvgIpc) is 2.96. The molecule has 0 amide bonds. The summed E-state index contributed by atoms with van der Waals surface area (Å²) >= 11 is 0. The van der Waals surface area contributed by atoms with Gasteiger partial charge in [0, 0.05) is 12.6 Å². The van der Waals surface area contributed by atoms with Crippen molar-refractivity contribution in [1.29, 1.82) is 0 Å². The summed E-state index contributed by atoms with van der Waals surface area (Å²) in [5.41, 5.74) is 7.63. The highest BCUT2D eigenvalue weighted by Gasteiger charge is 2.39. The van der Waals surface area contributed by atoms with Crippen molar-refractivity contribution in [2.24, 2.45) is 5.73 Å². The van der Waals surface area contributed by atoms with E-state index in [1.54, 1.807) is 19.2 Å². The largest absolute Gasteiger partial charge is 0.321 e. The van der Waals surface area contributed by atoms with E-state index in [2.05, 4.69) is 0 Å². The molecule has 0 spiro atoms. The standard InChI is InChI=1S/C11H16N2O2S/c1-13(16(2,14)15)10-5-3-9(4-6-10)11(12)7-8-11/h3-6H,7-8,12H2,1-2H3. The molecule has 2 N–H and O–H groups in total. The third-order valence-electron chi connectivity index (χ3n) is 3.09. The van der Waals surface area contributed by atoms with Gasteiger partial charge in [-0.1, -0.05) is 12.1 Å². The van der Waals surface area contributed by atoms with E-state index in [1.165, 1.54) is 10.6 Å². The lowest BCUT2D eigenvalue weighted by Gasteiger charge is -2.17. The van der Waals surface area contributed by atoms with Crippen molar-refractivity contribution < 1.29 is 8.42 Å². The van der Waals surface area contributed by atoms with Crippen molar-refractivity contribution in [2.45, 2.75) is 18.4 Å². The van der Waals surface area contributed by atoms with Gasteiger partial charge in [0.15, 0.2) is 0 Å². The molecule has 1 aromatic carbocycles. The number of sulfonamides is 1. The quantitative estimate of drug-likeness (QED) is 0.858. The van der Waals surface area contributed by atoms with Gasteiger partial charge in [0.05, 0.1) is 11.9 Å². The molecule has 1 aliphatic carbocycles. The van der Waals surface area contributed by atoms with Crippen LogP contribution in [0.3, 0.4) is 0 Å². The van der Waals surface area contributed by atoms with Crippen molar-refractivity contribution in [2.75, 3.05) is 17.6 Å². The Balaban J connectivity index is 2.26. The maximum atomic E-state index is 11.3. The minimum absolute atomic E-state index is 0.164. The highest BCUT2D eigenvalue weighted by Crippen LogP contribution is 2.42. The Hall–Kier alpha value is -1.07. The molecule has 0 unspecified atom stereocenters. The highest BCUT2D eigenvalue weighted by molar-refractivity contribution is 7.92. The Labute approximate surface area is 96.1 Å².